The van der Waals surface area contributed by atoms with E-state index < -0.39 is 6.09 Å². The number of aromatic nitrogens is 2. The second kappa shape index (κ2) is 8.38. The molecule has 0 aromatic carbocycles. The highest BCUT2D eigenvalue weighted by atomic mass is 16.4. The minimum absolute atomic E-state index is 0.186. The third kappa shape index (κ3) is 4.48. The van der Waals surface area contributed by atoms with E-state index in [1.165, 1.54) is 0 Å². The zero-order chi connectivity index (χ0) is 23.1. The summed E-state index contributed by atoms with van der Waals surface area (Å²) >= 11 is 0. The van der Waals surface area contributed by atoms with Crippen LogP contribution in [-0.2, 0) is 0 Å². The van der Waals surface area contributed by atoms with Crippen molar-refractivity contribution in [2.75, 3.05) is 23.3 Å². The molecule has 172 valence electrons. The number of rotatable bonds is 5. The molecule has 3 aromatic heterocycles. The largest absolute Gasteiger partial charge is 0.465 e. The molecule has 33 heavy (non-hydrogen) atoms. The van der Waals surface area contributed by atoms with Crippen molar-refractivity contribution in [1.82, 2.24) is 15.3 Å². The van der Waals surface area contributed by atoms with Gasteiger partial charge in [0.15, 0.2) is 0 Å². The molecule has 2 amide bonds. The quantitative estimate of drug-likeness (QED) is 0.537. The fraction of sp³-hybridized carbons (Fsp3) is 0.417. The molecule has 3 aromatic rings. The van der Waals surface area contributed by atoms with Crippen molar-refractivity contribution in [3.05, 3.63) is 48.1 Å². The Morgan fingerprint density at radius 2 is 2.00 bits per heavy atom. The Balaban J connectivity index is 1.35. The van der Waals surface area contributed by atoms with Crippen molar-refractivity contribution < 1.29 is 19.1 Å². The number of anilines is 2. The molecule has 4 heterocycles. The van der Waals surface area contributed by atoms with Gasteiger partial charge in [0, 0.05) is 36.6 Å². The lowest BCUT2D eigenvalue weighted by Gasteiger charge is -2.38. The molecule has 9 nitrogen and oxygen atoms in total. The van der Waals surface area contributed by atoms with E-state index in [-0.39, 0.29) is 17.6 Å². The number of hydrogen-bond acceptors (Lipinski definition) is 6. The van der Waals surface area contributed by atoms with Crippen molar-refractivity contribution in [3.63, 3.8) is 0 Å². The molecule has 1 aliphatic carbocycles. The summed E-state index contributed by atoms with van der Waals surface area (Å²) in [6.07, 6.45) is 4.12. The first-order valence-electron chi connectivity index (χ1n) is 11.3. The summed E-state index contributed by atoms with van der Waals surface area (Å²) in [5.41, 5.74) is 2.08. The molecule has 3 N–H and O–H groups in total. The van der Waals surface area contributed by atoms with Gasteiger partial charge < -0.3 is 25.1 Å². The van der Waals surface area contributed by atoms with Crippen LogP contribution < -0.4 is 15.5 Å². The van der Waals surface area contributed by atoms with Crippen LogP contribution in [0.5, 0.6) is 0 Å². The zero-order valence-corrected chi connectivity index (χ0v) is 18.6. The van der Waals surface area contributed by atoms with E-state index in [9.17, 15) is 9.59 Å². The highest BCUT2D eigenvalue weighted by Crippen LogP contribution is 2.48. The van der Waals surface area contributed by atoms with Gasteiger partial charge in [-0.3, -0.25) is 9.78 Å². The number of carbonyl (C=O) groups is 2. The number of fused-ring (bicyclic) bond motifs is 1. The molecule has 2 fully saturated rings. The second-order valence-electron chi connectivity index (χ2n) is 9.30. The standard InChI is InChI=1S/C24H27N5O4/c1-13-7-16(26-24(31)32)12-29(11-13)20-5-6-25-10-19(20)27-22(30)18-4-3-15-9-21(17-8-14(17)2)33-23(15)28-18/h3-6,9-10,13-14,16-17,26H,7-8,11-12H2,1-2H3,(H,27,30)(H,31,32)/t13-,14?,16+,17?/m1/s1. The van der Waals surface area contributed by atoms with Gasteiger partial charge in [-0.25, -0.2) is 9.78 Å². The second-order valence-corrected chi connectivity index (χ2v) is 9.30. The lowest BCUT2D eigenvalue weighted by atomic mass is 9.95. The lowest BCUT2D eigenvalue weighted by Crippen LogP contribution is -2.50. The van der Waals surface area contributed by atoms with Crippen LogP contribution in [0.3, 0.4) is 0 Å². The van der Waals surface area contributed by atoms with Gasteiger partial charge in [0.2, 0.25) is 5.71 Å². The van der Waals surface area contributed by atoms with Crippen LogP contribution in [0.1, 0.15) is 48.9 Å². The van der Waals surface area contributed by atoms with Crippen LogP contribution in [0.15, 0.2) is 41.1 Å². The van der Waals surface area contributed by atoms with E-state index in [2.05, 4.69) is 39.3 Å². The van der Waals surface area contributed by atoms with Gasteiger partial charge in [0.05, 0.1) is 17.6 Å². The van der Waals surface area contributed by atoms with Crippen LogP contribution in [0.2, 0.25) is 0 Å². The molecule has 0 radical (unpaired) electrons. The average molecular weight is 450 g/mol. The molecule has 1 saturated heterocycles. The van der Waals surface area contributed by atoms with Crippen LogP contribution in [0, 0.1) is 11.8 Å². The third-order valence-electron chi connectivity index (χ3n) is 6.48. The molecule has 4 atom stereocenters. The summed E-state index contributed by atoms with van der Waals surface area (Å²) < 4.78 is 5.91. The van der Waals surface area contributed by atoms with E-state index in [0.29, 0.717) is 35.7 Å². The average Bonchev–Trinajstić information content (AvgIpc) is 3.35. The molecule has 2 aliphatic rings. The Bertz CT molecular complexity index is 1210. The summed E-state index contributed by atoms with van der Waals surface area (Å²) in [6, 6.07) is 7.21. The number of pyridine rings is 2. The fourth-order valence-electron chi connectivity index (χ4n) is 4.74. The minimum Gasteiger partial charge on any atom is -0.465 e. The highest BCUT2D eigenvalue weighted by Gasteiger charge is 2.37. The van der Waals surface area contributed by atoms with Crippen LogP contribution in [0.25, 0.3) is 11.1 Å². The summed E-state index contributed by atoms with van der Waals surface area (Å²) in [5.74, 6) is 1.94. The van der Waals surface area contributed by atoms with Gasteiger partial charge in [-0.1, -0.05) is 13.8 Å². The molecule has 2 unspecified atom stereocenters. The van der Waals surface area contributed by atoms with Crippen LogP contribution in [0.4, 0.5) is 16.2 Å². The zero-order valence-electron chi connectivity index (χ0n) is 18.6. The monoisotopic (exact) mass is 449 g/mol. The van der Waals surface area contributed by atoms with Crippen molar-refractivity contribution in [3.8, 4) is 0 Å². The molecule has 0 spiro atoms. The number of piperidine rings is 1. The molecule has 9 heteroatoms. The smallest absolute Gasteiger partial charge is 0.404 e. The van der Waals surface area contributed by atoms with Gasteiger partial charge in [0.25, 0.3) is 5.91 Å². The first-order valence-corrected chi connectivity index (χ1v) is 11.3. The van der Waals surface area contributed by atoms with Gasteiger partial charge >= 0.3 is 6.09 Å². The lowest BCUT2D eigenvalue weighted by molar-refractivity contribution is 0.102. The molecule has 1 saturated carbocycles. The van der Waals surface area contributed by atoms with E-state index >= 15 is 0 Å². The summed E-state index contributed by atoms with van der Waals surface area (Å²) in [4.78, 5) is 34.8. The van der Waals surface area contributed by atoms with Gasteiger partial charge in [-0.05, 0) is 48.9 Å². The normalized spacial score (nSPS) is 24.5. The fourth-order valence-corrected chi connectivity index (χ4v) is 4.74. The number of carboxylic acid groups (broad SMARTS) is 1. The Hall–Kier alpha value is -3.62. The Morgan fingerprint density at radius 3 is 2.76 bits per heavy atom. The van der Waals surface area contributed by atoms with Crippen molar-refractivity contribution >= 4 is 34.5 Å². The first kappa shape index (κ1) is 21.2. The maximum atomic E-state index is 13.0. The van der Waals surface area contributed by atoms with E-state index in [1.54, 1.807) is 18.5 Å². The first-order chi connectivity index (χ1) is 15.9. The Kier molecular flexibility index (Phi) is 5.39. The third-order valence-corrected chi connectivity index (χ3v) is 6.48. The van der Waals surface area contributed by atoms with E-state index in [0.717, 1.165) is 36.2 Å². The number of furan rings is 1. The predicted octanol–water partition coefficient (Wildman–Crippen LogP) is 4.08. The highest BCUT2D eigenvalue weighted by molar-refractivity contribution is 6.05. The maximum absolute atomic E-state index is 13.0. The van der Waals surface area contributed by atoms with Gasteiger partial charge in [0.1, 0.15) is 11.5 Å². The number of hydrogen-bond donors (Lipinski definition) is 3. The van der Waals surface area contributed by atoms with E-state index in [4.69, 9.17) is 9.52 Å². The number of carbonyl (C=O) groups excluding carboxylic acids is 1. The SMILES string of the molecule is CC1CC1c1cc2ccc(C(=O)Nc3cnccc3N3C[C@H](C)C[C@H](NC(=O)O)C3)nc2o1. The van der Waals surface area contributed by atoms with E-state index in [1.807, 2.05) is 18.2 Å². The minimum atomic E-state index is -1.03. The van der Waals surface area contributed by atoms with Crippen LogP contribution >= 0.6 is 0 Å². The van der Waals surface area contributed by atoms with Crippen molar-refractivity contribution in [1.29, 1.82) is 0 Å². The maximum Gasteiger partial charge on any atom is 0.404 e. The van der Waals surface area contributed by atoms with Gasteiger partial charge in [-0.2, -0.15) is 0 Å². The summed E-state index contributed by atoms with van der Waals surface area (Å²) in [5, 5.41) is 15.5. The predicted molar refractivity (Wildman–Crippen MR) is 124 cm³/mol. The summed E-state index contributed by atoms with van der Waals surface area (Å²) in [6.45, 7) is 5.55. The number of amides is 2. The molecule has 5 rings (SSSR count). The Labute approximate surface area is 191 Å². The van der Waals surface area contributed by atoms with Crippen LogP contribution in [-0.4, -0.2) is 46.2 Å². The number of nitrogens with zero attached hydrogens (tertiary/aromatic N) is 3. The molecular weight excluding hydrogens is 422 g/mol. The number of nitrogens with one attached hydrogen (secondary N) is 2. The topological polar surface area (TPSA) is 121 Å². The van der Waals surface area contributed by atoms with Crippen molar-refractivity contribution in [2.24, 2.45) is 11.8 Å². The molecular formula is C24H27N5O4. The van der Waals surface area contributed by atoms with Gasteiger partial charge in [-0.15, -0.1) is 0 Å². The molecule has 1 aliphatic heterocycles. The van der Waals surface area contributed by atoms with Crippen molar-refractivity contribution in [2.45, 2.75) is 38.6 Å². The Morgan fingerprint density at radius 1 is 1.18 bits per heavy atom. The molecule has 0 bridgehead atoms. The summed E-state index contributed by atoms with van der Waals surface area (Å²) in [7, 11) is 0.